The number of nitrogens with zero attached hydrogens (tertiary/aromatic N) is 6. The highest BCUT2D eigenvalue weighted by molar-refractivity contribution is 5.94. The standard InChI is InChI=1S/C34H48F2N4O5.C26H40FN3O6.C26H38FN3O6.C8H10FN/c1-22(39(8)32(43)45-34(5,6)7)30(41)38-29(33(2,3)4)31(42)40-21-28(44-27-15-13-25(36)14-16-27)19-26(40)20-37-18-17-23-9-11-24(35)12-10-23;2*1-16(29(8)24(34)36-26(5,6)7)22(32)28-21(25(2,3)4)23(33)30-14-20(13-18(30)15-31)35-19-11-9-17(27)10-12-19;9-8-3-1-7(2-4-8)5-6-10/h9-16,22,26,28-29,37H,17-21H2,1-8H3,(H,38,41);9-12,16,18,20-21,31H,13-15H2,1-8H3,(H,28,32);9-12,15-16,18,20-21H,13-14H2,1-8H3,(H,28,32);1-4H,5-6,10H2/t22-,26-,28-,29+;2*16-,18-,20-,21+;/m000./s1. The molecule has 0 spiro atoms. The Morgan fingerprint density at radius 2 is 0.693 bits per heavy atom. The first-order valence-electron chi connectivity index (χ1n) is 42.8. The lowest BCUT2D eigenvalue weighted by atomic mass is 9.85. The van der Waals surface area contributed by atoms with Crippen molar-refractivity contribution in [2.75, 3.05) is 67.0 Å². The highest BCUT2D eigenvalue weighted by Crippen LogP contribution is 2.33. The third kappa shape index (κ3) is 34.8. The normalized spacial score (nSPS) is 18.5. The number of benzene rings is 5. The van der Waals surface area contributed by atoms with Gasteiger partial charge >= 0.3 is 18.3 Å². The van der Waals surface area contributed by atoms with Crippen molar-refractivity contribution >= 4 is 60.0 Å². The number of halogens is 5. The lowest BCUT2D eigenvalue weighted by Gasteiger charge is -2.37. The topological polar surface area (TPSA) is 340 Å². The van der Waals surface area contributed by atoms with Crippen molar-refractivity contribution in [2.24, 2.45) is 22.0 Å². The van der Waals surface area contributed by atoms with Crippen LogP contribution in [0, 0.1) is 45.3 Å². The molecule has 8 rings (SSSR count). The lowest BCUT2D eigenvalue weighted by Crippen LogP contribution is -2.59. The van der Waals surface area contributed by atoms with Gasteiger partial charge < -0.3 is 80.0 Å². The predicted molar refractivity (Wildman–Crippen MR) is 473 cm³/mol. The third-order valence-electron chi connectivity index (χ3n) is 21.0. The zero-order valence-electron chi connectivity index (χ0n) is 78.2. The largest absolute Gasteiger partial charge is 0.489 e. The van der Waals surface area contributed by atoms with Crippen LogP contribution in [-0.2, 0) is 60.6 Å². The van der Waals surface area contributed by atoms with Crippen LogP contribution in [0.15, 0.2) is 121 Å². The molecule has 3 aliphatic rings. The maximum absolute atomic E-state index is 14.2. The molecule has 5 aromatic carbocycles. The van der Waals surface area contributed by atoms with Crippen LogP contribution in [0.1, 0.15) is 176 Å². The Morgan fingerprint density at radius 1 is 0.425 bits per heavy atom. The first-order chi connectivity index (χ1) is 58.8. The van der Waals surface area contributed by atoms with Crippen LogP contribution in [-0.4, -0.2) is 251 Å². The van der Waals surface area contributed by atoms with Crippen LogP contribution in [0.3, 0.4) is 0 Å². The summed E-state index contributed by atoms with van der Waals surface area (Å²) in [7, 11) is 4.40. The van der Waals surface area contributed by atoms with E-state index in [0.29, 0.717) is 62.4 Å². The number of ether oxygens (including phenoxy) is 6. The molecule has 3 heterocycles. The summed E-state index contributed by atoms with van der Waals surface area (Å²) < 4.78 is 99.4. The highest BCUT2D eigenvalue weighted by atomic mass is 19.1. The number of hydrogen-bond acceptors (Lipinski definition) is 19. The molecule has 0 saturated carbocycles. The fourth-order valence-corrected chi connectivity index (χ4v) is 13.4. The van der Waals surface area contributed by atoms with Crippen molar-refractivity contribution in [3.05, 3.63) is 162 Å². The van der Waals surface area contributed by atoms with Gasteiger partial charge in [-0.1, -0.05) is 86.6 Å². The van der Waals surface area contributed by atoms with Crippen molar-refractivity contribution < 1.29 is 103 Å². The Kier molecular flexibility index (Phi) is 39.4. The summed E-state index contributed by atoms with van der Waals surface area (Å²) >= 11 is 0. The van der Waals surface area contributed by atoms with E-state index in [1.165, 1.54) is 131 Å². The second kappa shape index (κ2) is 46.9. The van der Waals surface area contributed by atoms with E-state index in [-0.39, 0.29) is 79.9 Å². The van der Waals surface area contributed by atoms with Crippen molar-refractivity contribution in [1.29, 1.82) is 0 Å². The fraction of sp³-hybridized carbons (Fsp3) is 0.574. The van der Waals surface area contributed by atoms with E-state index in [1.54, 1.807) is 145 Å². The maximum atomic E-state index is 14.2. The van der Waals surface area contributed by atoms with E-state index >= 15 is 0 Å². The Morgan fingerprint density at radius 3 is 0.976 bits per heavy atom. The second-order valence-corrected chi connectivity index (χ2v) is 38.4. The van der Waals surface area contributed by atoms with Crippen LogP contribution < -0.4 is 41.2 Å². The van der Waals surface area contributed by atoms with Gasteiger partial charge in [0.15, 0.2) is 0 Å². The quantitative estimate of drug-likeness (QED) is 0.0123. The molecule has 7 N–H and O–H groups in total. The van der Waals surface area contributed by atoms with Crippen LogP contribution in [0.2, 0.25) is 0 Å². The number of likely N-dealkylation sites (tertiary alicyclic amines) is 3. The molecule has 3 saturated heterocycles. The highest BCUT2D eigenvalue weighted by Gasteiger charge is 2.48. The molecule has 0 unspecified atom stereocenters. The molecule has 0 aromatic heterocycles. The number of amides is 9. The van der Waals surface area contributed by atoms with Gasteiger partial charge in [-0.15, -0.1) is 0 Å². The van der Waals surface area contributed by atoms with Gasteiger partial charge in [-0.05, 0) is 233 Å². The van der Waals surface area contributed by atoms with E-state index in [2.05, 4.69) is 21.3 Å². The molecule has 12 atom stereocenters. The van der Waals surface area contributed by atoms with Crippen molar-refractivity contribution in [2.45, 2.75) is 267 Å². The number of aliphatic hydroxyl groups is 1. The van der Waals surface area contributed by atoms with Crippen LogP contribution in [0.25, 0.3) is 0 Å². The van der Waals surface area contributed by atoms with Gasteiger partial charge in [0.2, 0.25) is 35.4 Å². The molecule has 3 aliphatic heterocycles. The average Bonchev–Trinajstić information content (AvgIpc) is 1.65. The molecular weight excluding hydrogens is 1650 g/mol. The number of carbonyl (C=O) groups excluding carboxylic acids is 10. The summed E-state index contributed by atoms with van der Waals surface area (Å²) in [5, 5.41) is 21.8. The third-order valence-corrected chi connectivity index (χ3v) is 21.0. The average molecular weight is 1790 g/mol. The fourth-order valence-electron chi connectivity index (χ4n) is 13.4. The molecule has 704 valence electrons. The van der Waals surface area contributed by atoms with Crippen molar-refractivity contribution in [1.82, 2.24) is 50.7 Å². The minimum Gasteiger partial charge on any atom is -0.489 e. The number of carbonyl (C=O) groups is 10. The van der Waals surface area contributed by atoms with E-state index in [4.69, 9.17) is 34.2 Å². The Hall–Kier alpha value is -10.7. The molecule has 28 nitrogen and oxygen atoms in total. The van der Waals surface area contributed by atoms with Crippen LogP contribution >= 0.6 is 0 Å². The number of aldehydes is 1. The van der Waals surface area contributed by atoms with Crippen LogP contribution in [0.4, 0.5) is 36.3 Å². The number of nitrogens with one attached hydrogen (secondary N) is 4. The smallest absolute Gasteiger partial charge is 0.410 e. The van der Waals surface area contributed by atoms with Crippen molar-refractivity contribution in [3.63, 3.8) is 0 Å². The molecule has 127 heavy (non-hydrogen) atoms. The number of rotatable bonds is 27. The summed E-state index contributed by atoms with van der Waals surface area (Å²) in [5.41, 5.74) is 3.20. The van der Waals surface area contributed by atoms with Gasteiger partial charge in [0.05, 0.1) is 38.3 Å². The molecule has 0 radical (unpaired) electrons. The summed E-state index contributed by atoms with van der Waals surface area (Å²) in [5.74, 6) is -2.80. The summed E-state index contributed by atoms with van der Waals surface area (Å²) in [4.78, 5) is 138. The molecule has 3 fully saturated rings. The second-order valence-electron chi connectivity index (χ2n) is 38.4. The Bertz CT molecular complexity index is 4400. The van der Waals surface area contributed by atoms with Gasteiger partial charge in [0.25, 0.3) is 0 Å². The summed E-state index contributed by atoms with van der Waals surface area (Å²) in [6, 6.07) is 22.6. The zero-order valence-corrected chi connectivity index (χ0v) is 78.2. The SMILES string of the molecule is C[C@@H](C(=O)N[C@H](C(=O)N1C[C@@H](Oc2ccc(F)cc2)C[C@H]1C=O)C(C)(C)C)N(C)C(=O)OC(C)(C)C.C[C@@H](C(=O)N[C@H](C(=O)N1C[C@@H](Oc2ccc(F)cc2)C[C@H]1CNCCc1ccc(F)cc1)C(C)(C)C)N(C)C(=O)OC(C)(C)C.C[C@@H](C(=O)N[C@H](C(=O)N1C[C@@H](Oc2ccc(F)cc2)C[C@H]1CO)C(C)(C)C)N(C)C(=O)OC(C)(C)C.NCCc1ccc(F)cc1. The van der Waals surface area contributed by atoms with Gasteiger partial charge in [0.1, 0.15) is 124 Å². The molecule has 9 amide bonds. The molecule has 5 aromatic rings. The summed E-state index contributed by atoms with van der Waals surface area (Å²) in [6.45, 7) is 38.9. The number of likely N-dealkylation sites (N-methyl/N-ethyl adjacent to an activating group) is 3. The van der Waals surface area contributed by atoms with E-state index < -0.39 is 141 Å². The predicted octanol–water partition coefficient (Wildman–Crippen LogP) is 12.4. The minimum atomic E-state index is -0.966. The maximum Gasteiger partial charge on any atom is 0.410 e. The Balaban J connectivity index is 0.000000321. The van der Waals surface area contributed by atoms with E-state index in [1.807, 2.05) is 41.5 Å². The van der Waals surface area contributed by atoms with Gasteiger partial charge in [0, 0.05) is 53.0 Å². The van der Waals surface area contributed by atoms with Gasteiger partial charge in [-0.2, -0.15) is 0 Å². The minimum absolute atomic E-state index is 0.134. The lowest BCUT2D eigenvalue weighted by molar-refractivity contribution is -0.142. The zero-order chi connectivity index (χ0) is 95.8. The van der Waals surface area contributed by atoms with Crippen LogP contribution in [0.5, 0.6) is 17.2 Å². The molecular formula is C94H136F5N11O17. The first kappa shape index (κ1) is 107. The van der Waals surface area contributed by atoms with Gasteiger partial charge in [-0.25, -0.2) is 36.3 Å². The van der Waals surface area contributed by atoms with E-state index in [0.717, 1.165) is 17.5 Å². The number of aliphatic hydroxyl groups excluding tert-OH is 1. The number of nitrogens with two attached hydrogens (primary N) is 1. The Labute approximate surface area is 745 Å². The monoisotopic (exact) mass is 1790 g/mol. The van der Waals surface area contributed by atoms with E-state index in [9.17, 15) is 75.0 Å². The summed E-state index contributed by atoms with van der Waals surface area (Å²) in [6.07, 6.45) is 0.204. The first-order valence-corrected chi connectivity index (χ1v) is 42.8. The molecule has 0 aliphatic carbocycles. The molecule has 33 heteroatoms. The molecule has 0 bridgehead atoms. The van der Waals surface area contributed by atoms with Crippen molar-refractivity contribution in [3.8, 4) is 17.2 Å². The van der Waals surface area contributed by atoms with Gasteiger partial charge in [-0.3, -0.25) is 43.5 Å². The number of hydrogen-bond donors (Lipinski definition) is 6.